The fourth-order valence-corrected chi connectivity index (χ4v) is 3.55. The molecule has 0 unspecified atom stereocenters. The SMILES string of the molecule is Clc1ccc(-n2nc(-c3ccc4c(c3)OCO4)c3c2NCC3)cc1Cl. The molecule has 5 nitrogen and oxygen atoms in total. The van der Waals surface area contributed by atoms with Crippen molar-refractivity contribution in [3.63, 3.8) is 0 Å². The maximum atomic E-state index is 6.18. The van der Waals surface area contributed by atoms with Crippen LogP contribution in [0, 0.1) is 0 Å². The molecule has 1 aromatic heterocycles. The molecule has 3 aromatic rings. The number of nitrogens with one attached hydrogen (secondary N) is 1. The van der Waals surface area contributed by atoms with Crippen LogP contribution in [0.2, 0.25) is 10.0 Å². The molecule has 0 spiro atoms. The average molecular weight is 374 g/mol. The highest BCUT2D eigenvalue weighted by molar-refractivity contribution is 6.42. The van der Waals surface area contributed by atoms with Crippen LogP contribution in [0.3, 0.4) is 0 Å². The zero-order valence-corrected chi connectivity index (χ0v) is 14.6. The quantitative estimate of drug-likeness (QED) is 0.715. The summed E-state index contributed by atoms with van der Waals surface area (Å²) >= 11 is 12.2. The predicted molar refractivity (Wildman–Crippen MR) is 97.3 cm³/mol. The van der Waals surface area contributed by atoms with E-state index in [1.165, 1.54) is 5.56 Å². The Morgan fingerprint density at radius 3 is 2.76 bits per heavy atom. The number of aromatic nitrogens is 2. The van der Waals surface area contributed by atoms with E-state index in [2.05, 4.69) is 5.32 Å². The third-order valence-corrected chi connectivity index (χ3v) is 5.18. The van der Waals surface area contributed by atoms with Crippen molar-refractivity contribution in [3.05, 3.63) is 52.0 Å². The summed E-state index contributed by atoms with van der Waals surface area (Å²) in [5.74, 6) is 2.51. The summed E-state index contributed by atoms with van der Waals surface area (Å²) < 4.78 is 12.8. The Morgan fingerprint density at radius 2 is 1.88 bits per heavy atom. The molecular weight excluding hydrogens is 361 g/mol. The topological polar surface area (TPSA) is 48.3 Å². The molecule has 2 aliphatic rings. The molecule has 1 N–H and O–H groups in total. The summed E-state index contributed by atoms with van der Waals surface area (Å²) in [5.41, 5.74) is 3.99. The van der Waals surface area contributed by atoms with Gasteiger partial charge in [0.2, 0.25) is 6.79 Å². The molecule has 0 bridgehead atoms. The Balaban J connectivity index is 1.66. The van der Waals surface area contributed by atoms with E-state index in [1.807, 2.05) is 35.0 Å². The Hall–Kier alpha value is -2.37. The van der Waals surface area contributed by atoms with Gasteiger partial charge in [0.05, 0.1) is 21.4 Å². The van der Waals surface area contributed by atoms with Crippen LogP contribution in [-0.4, -0.2) is 23.1 Å². The lowest BCUT2D eigenvalue weighted by molar-refractivity contribution is 0.174. The highest BCUT2D eigenvalue weighted by Gasteiger charge is 2.25. The van der Waals surface area contributed by atoms with Gasteiger partial charge in [-0.3, -0.25) is 0 Å². The predicted octanol–water partition coefficient (Wildman–Crippen LogP) is 4.54. The third-order valence-electron chi connectivity index (χ3n) is 4.44. The van der Waals surface area contributed by atoms with Gasteiger partial charge in [0.1, 0.15) is 5.82 Å². The number of hydrogen-bond acceptors (Lipinski definition) is 4. The standard InChI is InChI=1S/C18H13Cl2N3O2/c19-13-3-2-11(8-14(13)20)23-18-12(5-6-21-18)17(22-23)10-1-4-15-16(7-10)25-9-24-15/h1-4,7-8,21H,5-6,9H2. The molecule has 2 aromatic carbocycles. The van der Waals surface area contributed by atoms with Crippen molar-refractivity contribution in [3.8, 4) is 28.4 Å². The maximum absolute atomic E-state index is 6.18. The molecule has 0 aliphatic carbocycles. The smallest absolute Gasteiger partial charge is 0.231 e. The van der Waals surface area contributed by atoms with Crippen molar-refractivity contribution >= 4 is 29.0 Å². The number of halogens is 2. The van der Waals surface area contributed by atoms with Crippen molar-refractivity contribution in [2.24, 2.45) is 0 Å². The summed E-state index contributed by atoms with van der Waals surface area (Å²) in [7, 11) is 0. The van der Waals surface area contributed by atoms with Crippen molar-refractivity contribution in [1.82, 2.24) is 9.78 Å². The molecule has 2 aliphatic heterocycles. The molecule has 7 heteroatoms. The van der Waals surface area contributed by atoms with Crippen molar-refractivity contribution < 1.29 is 9.47 Å². The summed E-state index contributed by atoms with van der Waals surface area (Å²) in [5, 5.41) is 9.27. The number of hydrogen-bond donors (Lipinski definition) is 1. The van der Waals surface area contributed by atoms with E-state index in [9.17, 15) is 0 Å². The van der Waals surface area contributed by atoms with Gasteiger partial charge in [-0.2, -0.15) is 5.10 Å². The normalized spacial score (nSPS) is 14.5. The van der Waals surface area contributed by atoms with E-state index in [0.717, 1.165) is 47.2 Å². The van der Waals surface area contributed by atoms with Gasteiger partial charge in [-0.1, -0.05) is 23.2 Å². The number of anilines is 1. The van der Waals surface area contributed by atoms with Crippen LogP contribution >= 0.6 is 23.2 Å². The van der Waals surface area contributed by atoms with Crippen LogP contribution in [0.4, 0.5) is 5.82 Å². The monoisotopic (exact) mass is 373 g/mol. The fourth-order valence-electron chi connectivity index (χ4n) is 3.25. The summed E-state index contributed by atoms with van der Waals surface area (Å²) in [6.45, 7) is 1.14. The highest BCUT2D eigenvalue weighted by Crippen LogP contribution is 2.40. The lowest BCUT2D eigenvalue weighted by Gasteiger charge is -2.07. The Morgan fingerprint density at radius 1 is 1.00 bits per heavy atom. The second-order valence-electron chi connectivity index (χ2n) is 5.93. The van der Waals surface area contributed by atoms with Crippen LogP contribution in [0.25, 0.3) is 16.9 Å². The van der Waals surface area contributed by atoms with Crippen molar-refractivity contribution in [2.75, 3.05) is 18.7 Å². The van der Waals surface area contributed by atoms with Gasteiger partial charge in [0, 0.05) is 17.7 Å². The minimum absolute atomic E-state index is 0.260. The first-order valence-corrected chi connectivity index (χ1v) is 8.67. The average Bonchev–Trinajstić information content (AvgIpc) is 3.32. The van der Waals surface area contributed by atoms with Crippen LogP contribution in [0.15, 0.2) is 36.4 Å². The van der Waals surface area contributed by atoms with E-state index in [0.29, 0.717) is 10.0 Å². The van der Waals surface area contributed by atoms with Gasteiger partial charge in [-0.15, -0.1) is 0 Å². The zero-order chi connectivity index (χ0) is 17.0. The van der Waals surface area contributed by atoms with Crippen molar-refractivity contribution in [1.29, 1.82) is 0 Å². The molecule has 0 radical (unpaired) electrons. The van der Waals surface area contributed by atoms with Crippen LogP contribution in [0.1, 0.15) is 5.56 Å². The molecular formula is C18H13Cl2N3O2. The summed E-state index contributed by atoms with van der Waals surface area (Å²) in [6.07, 6.45) is 0.917. The molecule has 0 atom stereocenters. The minimum atomic E-state index is 0.260. The van der Waals surface area contributed by atoms with Gasteiger partial charge in [0.25, 0.3) is 0 Å². The second kappa shape index (κ2) is 5.58. The first kappa shape index (κ1) is 14.9. The Labute approximate surface area is 154 Å². The second-order valence-corrected chi connectivity index (χ2v) is 6.75. The zero-order valence-electron chi connectivity index (χ0n) is 13.1. The first-order valence-electron chi connectivity index (χ1n) is 7.92. The van der Waals surface area contributed by atoms with E-state index in [-0.39, 0.29) is 6.79 Å². The maximum Gasteiger partial charge on any atom is 0.231 e. The molecule has 0 fully saturated rings. The number of fused-ring (bicyclic) bond motifs is 2. The van der Waals surface area contributed by atoms with Crippen molar-refractivity contribution in [2.45, 2.75) is 6.42 Å². The number of ether oxygens (including phenoxy) is 2. The van der Waals surface area contributed by atoms with E-state index >= 15 is 0 Å². The van der Waals surface area contributed by atoms with Gasteiger partial charge < -0.3 is 14.8 Å². The van der Waals surface area contributed by atoms with Crippen LogP contribution < -0.4 is 14.8 Å². The number of rotatable bonds is 2. The lowest BCUT2D eigenvalue weighted by Crippen LogP contribution is -2.04. The largest absolute Gasteiger partial charge is 0.454 e. The first-order chi connectivity index (χ1) is 12.2. The summed E-state index contributed by atoms with van der Waals surface area (Å²) in [6, 6.07) is 11.4. The molecule has 0 amide bonds. The molecule has 126 valence electrons. The van der Waals surface area contributed by atoms with E-state index in [1.54, 1.807) is 6.07 Å². The Kier molecular flexibility index (Phi) is 3.33. The van der Waals surface area contributed by atoms with Gasteiger partial charge in [-0.05, 0) is 42.8 Å². The van der Waals surface area contributed by atoms with Gasteiger partial charge in [0.15, 0.2) is 11.5 Å². The number of benzene rings is 2. The van der Waals surface area contributed by atoms with Crippen LogP contribution in [0.5, 0.6) is 11.5 Å². The third kappa shape index (κ3) is 2.34. The molecule has 25 heavy (non-hydrogen) atoms. The highest BCUT2D eigenvalue weighted by atomic mass is 35.5. The number of nitrogens with zero attached hydrogens (tertiary/aromatic N) is 2. The molecule has 3 heterocycles. The van der Waals surface area contributed by atoms with Gasteiger partial charge >= 0.3 is 0 Å². The van der Waals surface area contributed by atoms with Crippen LogP contribution in [-0.2, 0) is 6.42 Å². The molecule has 5 rings (SSSR count). The van der Waals surface area contributed by atoms with Gasteiger partial charge in [-0.25, -0.2) is 4.68 Å². The van der Waals surface area contributed by atoms with E-state index in [4.69, 9.17) is 37.8 Å². The summed E-state index contributed by atoms with van der Waals surface area (Å²) in [4.78, 5) is 0. The molecule has 0 saturated heterocycles. The Bertz CT molecular complexity index is 1000. The fraction of sp³-hybridized carbons (Fsp3) is 0.167. The lowest BCUT2D eigenvalue weighted by atomic mass is 10.1. The van der Waals surface area contributed by atoms with E-state index < -0.39 is 0 Å². The molecule has 0 saturated carbocycles. The minimum Gasteiger partial charge on any atom is -0.454 e.